The van der Waals surface area contributed by atoms with Crippen LogP contribution < -0.4 is 0 Å². The minimum absolute atomic E-state index is 0.0263. The van der Waals surface area contributed by atoms with E-state index in [1.807, 2.05) is 22.8 Å². The summed E-state index contributed by atoms with van der Waals surface area (Å²) in [5.41, 5.74) is 5.44. The van der Waals surface area contributed by atoms with E-state index in [2.05, 4.69) is 42.1 Å². The van der Waals surface area contributed by atoms with Crippen LogP contribution in [0.5, 0.6) is 0 Å². The highest BCUT2D eigenvalue weighted by Gasteiger charge is 2.36. The van der Waals surface area contributed by atoms with Gasteiger partial charge in [0, 0.05) is 30.8 Å². The normalized spacial score (nSPS) is 21.0. The fraction of sp³-hybridized carbons (Fsp3) is 0.421. The Morgan fingerprint density at radius 1 is 1.32 bits per heavy atom. The molecule has 0 bridgehead atoms. The van der Waals surface area contributed by atoms with Gasteiger partial charge in [-0.15, -0.1) is 0 Å². The third-order valence-electron chi connectivity index (χ3n) is 5.40. The van der Waals surface area contributed by atoms with Gasteiger partial charge in [0.15, 0.2) is 0 Å². The Balaban J connectivity index is 1.81. The number of aromatic nitrogens is 4. The Hall–Kier alpha value is -2.63. The molecule has 2 atom stereocenters. The lowest BCUT2D eigenvalue weighted by Gasteiger charge is -2.38. The SMILES string of the molecule is Cc1ccc2nc(C3CCCN(C=O)C3c3cnn(C)c3C)[nH]c2c1. The van der Waals surface area contributed by atoms with Crippen LogP contribution >= 0.6 is 0 Å². The standard InChI is InChI=1S/C19H23N5O/c1-12-6-7-16-17(9-12)22-19(21-16)14-5-4-8-24(11-25)18(14)15-10-20-23(3)13(15)2/h6-7,9-11,14,18H,4-5,8H2,1-3H3,(H,21,22). The highest BCUT2D eigenvalue weighted by Crippen LogP contribution is 2.42. The lowest BCUT2D eigenvalue weighted by molar-refractivity contribution is -0.122. The molecule has 1 aliphatic heterocycles. The van der Waals surface area contributed by atoms with E-state index >= 15 is 0 Å². The van der Waals surface area contributed by atoms with E-state index in [4.69, 9.17) is 4.98 Å². The number of fused-ring (bicyclic) bond motifs is 1. The molecule has 0 aliphatic carbocycles. The summed E-state index contributed by atoms with van der Waals surface area (Å²) in [4.78, 5) is 22.0. The molecule has 0 spiro atoms. The van der Waals surface area contributed by atoms with Crippen LogP contribution in [0.1, 0.15) is 47.4 Å². The summed E-state index contributed by atoms with van der Waals surface area (Å²) in [6, 6.07) is 6.22. The number of benzene rings is 1. The second-order valence-electron chi connectivity index (χ2n) is 6.99. The van der Waals surface area contributed by atoms with Gasteiger partial charge in [-0.1, -0.05) is 6.07 Å². The molecule has 1 amide bonds. The van der Waals surface area contributed by atoms with Crippen LogP contribution in [-0.2, 0) is 11.8 Å². The molecule has 3 heterocycles. The maximum absolute atomic E-state index is 11.7. The third-order valence-corrected chi connectivity index (χ3v) is 5.40. The molecule has 1 aliphatic rings. The Labute approximate surface area is 146 Å². The molecule has 25 heavy (non-hydrogen) atoms. The predicted octanol–water partition coefficient (Wildman–Crippen LogP) is 2.99. The number of H-pyrrole nitrogens is 1. The molecular weight excluding hydrogens is 314 g/mol. The second kappa shape index (κ2) is 6.02. The summed E-state index contributed by atoms with van der Waals surface area (Å²) in [5.74, 6) is 1.11. The molecule has 1 aromatic carbocycles. The molecule has 6 nitrogen and oxygen atoms in total. The maximum atomic E-state index is 11.7. The molecule has 4 rings (SSSR count). The van der Waals surface area contributed by atoms with Crippen molar-refractivity contribution in [3.63, 3.8) is 0 Å². The Morgan fingerprint density at radius 2 is 2.16 bits per heavy atom. The number of piperidine rings is 1. The second-order valence-corrected chi connectivity index (χ2v) is 6.99. The lowest BCUT2D eigenvalue weighted by Crippen LogP contribution is -2.37. The number of carbonyl (C=O) groups excluding carboxylic acids is 1. The molecule has 130 valence electrons. The quantitative estimate of drug-likeness (QED) is 0.747. The molecule has 1 saturated heterocycles. The summed E-state index contributed by atoms with van der Waals surface area (Å²) < 4.78 is 1.87. The van der Waals surface area contributed by atoms with Gasteiger partial charge in [0.2, 0.25) is 6.41 Å². The summed E-state index contributed by atoms with van der Waals surface area (Å²) in [5, 5.41) is 4.39. The van der Waals surface area contributed by atoms with Crippen molar-refractivity contribution < 1.29 is 4.79 Å². The fourth-order valence-corrected chi connectivity index (χ4v) is 3.95. The average molecular weight is 337 g/mol. The van der Waals surface area contributed by atoms with Crippen LogP contribution in [0, 0.1) is 13.8 Å². The molecule has 3 aromatic rings. The smallest absolute Gasteiger partial charge is 0.210 e. The van der Waals surface area contributed by atoms with E-state index < -0.39 is 0 Å². The topological polar surface area (TPSA) is 66.8 Å². The number of nitrogens with one attached hydrogen (secondary N) is 1. The van der Waals surface area contributed by atoms with Gasteiger partial charge >= 0.3 is 0 Å². The van der Waals surface area contributed by atoms with Gasteiger partial charge in [0.1, 0.15) is 5.82 Å². The molecule has 6 heteroatoms. The van der Waals surface area contributed by atoms with Crippen LogP contribution in [0.25, 0.3) is 11.0 Å². The van der Waals surface area contributed by atoms with Gasteiger partial charge in [-0.3, -0.25) is 9.48 Å². The van der Waals surface area contributed by atoms with E-state index in [1.165, 1.54) is 5.56 Å². The van der Waals surface area contributed by atoms with Crippen molar-refractivity contribution in [3.8, 4) is 0 Å². The summed E-state index contributed by atoms with van der Waals surface area (Å²) in [7, 11) is 1.94. The first-order valence-electron chi connectivity index (χ1n) is 8.74. The number of hydrogen-bond acceptors (Lipinski definition) is 3. The van der Waals surface area contributed by atoms with E-state index in [0.29, 0.717) is 0 Å². The highest BCUT2D eigenvalue weighted by atomic mass is 16.1. The number of aromatic amines is 1. The first-order valence-corrected chi connectivity index (χ1v) is 8.74. The number of amides is 1. The van der Waals surface area contributed by atoms with E-state index in [9.17, 15) is 4.79 Å². The molecule has 1 N–H and O–H groups in total. The zero-order valence-electron chi connectivity index (χ0n) is 14.9. The molecule has 0 radical (unpaired) electrons. The summed E-state index contributed by atoms with van der Waals surface area (Å²) >= 11 is 0. The number of carbonyl (C=O) groups is 1. The molecule has 2 aromatic heterocycles. The fourth-order valence-electron chi connectivity index (χ4n) is 3.95. The van der Waals surface area contributed by atoms with Gasteiger partial charge in [0.05, 0.1) is 23.3 Å². The van der Waals surface area contributed by atoms with Crippen LogP contribution in [0.2, 0.25) is 0 Å². The van der Waals surface area contributed by atoms with Gasteiger partial charge in [-0.2, -0.15) is 5.10 Å². The number of likely N-dealkylation sites (tertiary alicyclic amines) is 1. The third kappa shape index (κ3) is 2.62. The van der Waals surface area contributed by atoms with E-state index in [0.717, 1.165) is 53.9 Å². The first kappa shape index (κ1) is 15.9. The van der Waals surface area contributed by atoms with Crippen LogP contribution in [-0.4, -0.2) is 37.6 Å². The number of rotatable bonds is 3. The number of nitrogens with zero attached hydrogens (tertiary/aromatic N) is 4. The molecular formula is C19H23N5O. The molecule has 1 fully saturated rings. The van der Waals surface area contributed by atoms with Crippen LogP contribution in [0.4, 0.5) is 0 Å². The Bertz CT molecular complexity index is 925. The van der Waals surface area contributed by atoms with Gasteiger partial charge < -0.3 is 9.88 Å². The summed E-state index contributed by atoms with van der Waals surface area (Å²) in [6.45, 7) is 4.91. The minimum Gasteiger partial charge on any atom is -0.342 e. The average Bonchev–Trinajstić information content (AvgIpc) is 3.17. The van der Waals surface area contributed by atoms with Crippen molar-refractivity contribution in [1.82, 2.24) is 24.6 Å². The van der Waals surface area contributed by atoms with Gasteiger partial charge in [-0.25, -0.2) is 4.98 Å². The first-order chi connectivity index (χ1) is 12.1. The Kier molecular flexibility index (Phi) is 3.82. The van der Waals surface area contributed by atoms with Crippen molar-refractivity contribution in [2.24, 2.45) is 7.05 Å². The maximum Gasteiger partial charge on any atom is 0.210 e. The van der Waals surface area contributed by atoms with Gasteiger partial charge in [-0.05, 0) is 44.4 Å². The van der Waals surface area contributed by atoms with E-state index in [1.54, 1.807) is 0 Å². The lowest BCUT2D eigenvalue weighted by atomic mass is 9.84. The number of imidazole rings is 1. The zero-order chi connectivity index (χ0) is 17.6. The number of hydrogen-bond donors (Lipinski definition) is 1. The van der Waals surface area contributed by atoms with Crippen LogP contribution in [0.3, 0.4) is 0 Å². The van der Waals surface area contributed by atoms with Crippen molar-refractivity contribution in [1.29, 1.82) is 0 Å². The summed E-state index contributed by atoms with van der Waals surface area (Å²) in [6.07, 6.45) is 4.84. The minimum atomic E-state index is -0.0263. The predicted molar refractivity (Wildman–Crippen MR) is 96.3 cm³/mol. The molecule has 0 saturated carbocycles. The van der Waals surface area contributed by atoms with E-state index in [-0.39, 0.29) is 12.0 Å². The van der Waals surface area contributed by atoms with Crippen molar-refractivity contribution in [2.45, 2.75) is 38.6 Å². The Morgan fingerprint density at radius 3 is 2.88 bits per heavy atom. The number of aryl methyl sites for hydroxylation is 2. The van der Waals surface area contributed by atoms with Crippen molar-refractivity contribution in [3.05, 3.63) is 47.0 Å². The monoisotopic (exact) mass is 337 g/mol. The van der Waals surface area contributed by atoms with Crippen molar-refractivity contribution >= 4 is 17.4 Å². The van der Waals surface area contributed by atoms with Crippen molar-refractivity contribution in [2.75, 3.05) is 6.54 Å². The largest absolute Gasteiger partial charge is 0.342 e. The molecule has 2 unspecified atom stereocenters. The zero-order valence-corrected chi connectivity index (χ0v) is 14.9. The van der Waals surface area contributed by atoms with Gasteiger partial charge in [0.25, 0.3) is 0 Å². The highest BCUT2D eigenvalue weighted by molar-refractivity contribution is 5.76. The van der Waals surface area contributed by atoms with Crippen LogP contribution in [0.15, 0.2) is 24.4 Å².